The number of carbonyl (C=O) groups is 1. The Labute approximate surface area is 141 Å². The first kappa shape index (κ1) is 16.0. The lowest BCUT2D eigenvalue weighted by Crippen LogP contribution is -2.50. The van der Waals surface area contributed by atoms with Crippen LogP contribution in [0.4, 0.5) is 0 Å². The van der Waals surface area contributed by atoms with Crippen molar-refractivity contribution in [3.63, 3.8) is 0 Å². The Kier molecular flexibility index (Phi) is 4.88. The second-order valence-electron chi connectivity index (χ2n) is 6.65. The van der Waals surface area contributed by atoms with Gasteiger partial charge in [-0.15, -0.1) is 0 Å². The lowest BCUT2D eigenvalue weighted by atomic mass is 9.77. The van der Waals surface area contributed by atoms with Crippen LogP contribution in [0, 0.1) is 0 Å². The standard InChI is InChI=1S/C18H25BrN2O/c1-20-16-7-11-21(12-8-16)17(22)18(9-2-3-10-18)14-5-4-6-15(19)13-14/h4-6,13,16,20H,2-3,7-12H2,1H3. The first-order valence-corrected chi connectivity index (χ1v) is 9.18. The molecular weight excluding hydrogens is 340 g/mol. The highest BCUT2D eigenvalue weighted by Crippen LogP contribution is 2.43. The fourth-order valence-corrected chi connectivity index (χ4v) is 4.46. The molecule has 22 heavy (non-hydrogen) atoms. The first-order valence-electron chi connectivity index (χ1n) is 8.38. The predicted molar refractivity (Wildman–Crippen MR) is 92.9 cm³/mol. The normalized spacial score (nSPS) is 22.0. The Balaban J connectivity index is 1.83. The molecule has 4 heteroatoms. The van der Waals surface area contributed by atoms with E-state index in [9.17, 15) is 4.79 Å². The van der Waals surface area contributed by atoms with Gasteiger partial charge in [0.05, 0.1) is 5.41 Å². The van der Waals surface area contributed by atoms with Crippen LogP contribution in [-0.2, 0) is 10.2 Å². The molecule has 1 saturated heterocycles. The van der Waals surface area contributed by atoms with Crippen molar-refractivity contribution in [1.82, 2.24) is 10.2 Å². The molecule has 0 radical (unpaired) electrons. The van der Waals surface area contributed by atoms with Gasteiger partial charge in [0.15, 0.2) is 0 Å². The predicted octanol–water partition coefficient (Wildman–Crippen LogP) is 3.47. The summed E-state index contributed by atoms with van der Waals surface area (Å²) in [6, 6.07) is 8.93. The molecule has 1 aromatic rings. The van der Waals surface area contributed by atoms with E-state index >= 15 is 0 Å². The SMILES string of the molecule is CNC1CCN(C(=O)C2(c3cccc(Br)c3)CCCC2)CC1. The summed E-state index contributed by atoms with van der Waals surface area (Å²) in [5.41, 5.74) is 0.913. The summed E-state index contributed by atoms with van der Waals surface area (Å²) in [4.78, 5) is 15.4. The van der Waals surface area contributed by atoms with Crippen molar-refractivity contribution in [3.8, 4) is 0 Å². The number of halogens is 1. The number of hydrogen-bond donors (Lipinski definition) is 1. The lowest BCUT2D eigenvalue weighted by Gasteiger charge is -2.39. The Morgan fingerprint density at radius 2 is 1.95 bits per heavy atom. The van der Waals surface area contributed by atoms with Gasteiger partial charge in [-0.25, -0.2) is 0 Å². The number of hydrogen-bond acceptors (Lipinski definition) is 2. The van der Waals surface area contributed by atoms with Crippen LogP contribution in [0.3, 0.4) is 0 Å². The molecule has 0 aromatic heterocycles. The van der Waals surface area contributed by atoms with E-state index in [1.54, 1.807) is 0 Å². The quantitative estimate of drug-likeness (QED) is 0.890. The van der Waals surface area contributed by atoms with E-state index in [0.717, 1.165) is 56.1 Å². The van der Waals surface area contributed by atoms with E-state index in [1.807, 2.05) is 13.1 Å². The van der Waals surface area contributed by atoms with Gasteiger partial charge < -0.3 is 10.2 Å². The fourth-order valence-electron chi connectivity index (χ4n) is 4.06. The molecular formula is C18H25BrN2O. The summed E-state index contributed by atoms with van der Waals surface area (Å²) < 4.78 is 1.07. The van der Waals surface area contributed by atoms with E-state index < -0.39 is 0 Å². The molecule has 1 aliphatic carbocycles. The molecule has 0 unspecified atom stereocenters. The van der Waals surface area contributed by atoms with Crippen LogP contribution >= 0.6 is 15.9 Å². The van der Waals surface area contributed by atoms with Gasteiger partial charge in [-0.1, -0.05) is 40.9 Å². The second-order valence-corrected chi connectivity index (χ2v) is 7.57. The van der Waals surface area contributed by atoms with E-state index in [4.69, 9.17) is 0 Å². The van der Waals surface area contributed by atoms with E-state index in [-0.39, 0.29) is 5.41 Å². The fraction of sp³-hybridized carbons (Fsp3) is 0.611. The summed E-state index contributed by atoms with van der Waals surface area (Å²) in [6.07, 6.45) is 6.44. The number of amides is 1. The maximum Gasteiger partial charge on any atom is 0.233 e. The van der Waals surface area contributed by atoms with Crippen LogP contribution in [0.1, 0.15) is 44.1 Å². The van der Waals surface area contributed by atoms with Crippen LogP contribution in [0.5, 0.6) is 0 Å². The van der Waals surface area contributed by atoms with Gasteiger partial charge in [-0.05, 0) is 50.4 Å². The van der Waals surface area contributed by atoms with Gasteiger partial charge in [0.25, 0.3) is 0 Å². The molecule has 0 atom stereocenters. The minimum absolute atomic E-state index is 0.281. The van der Waals surface area contributed by atoms with Crippen LogP contribution in [0.25, 0.3) is 0 Å². The molecule has 1 N–H and O–H groups in total. The highest BCUT2D eigenvalue weighted by molar-refractivity contribution is 9.10. The third-order valence-electron chi connectivity index (χ3n) is 5.43. The summed E-state index contributed by atoms with van der Waals surface area (Å²) in [5, 5.41) is 3.34. The van der Waals surface area contributed by atoms with Gasteiger partial charge in [-0.2, -0.15) is 0 Å². The minimum Gasteiger partial charge on any atom is -0.342 e. The Morgan fingerprint density at radius 1 is 1.27 bits per heavy atom. The Bertz CT molecular complexity index is 532. The zero-order valence-corrected chi connectivity index (χ0v) is 14.9. The summed E-state index contributed by atoms with van der Waals surface area (Å²) in [5.74, 6) is 0.359. The van der Waals surface area contributed by atoms with E-state index in [1.165, 1.54) is 5.56 Å². The van der Waals surface area contributed by atoms with Crippen molar-refractivity contribution in [2.75, 3.05) is 20.1 Å². The van der Waals surface area contributed by atoms with E-state index in [2.05, 4.69) is 44.3 Å². The number of nitrogens with zero attached hydrogens (tertiary/aromatic N) is 1. The van der Waals surface area contributed by atoms with Gasteiger partial charge in [0.2, 0.25) is 5.91 Å². The second kappa shape index (κ2) is 6.71. The molecule has 120 valence electrons. The maximum atomic E-state index is 13.3. The molecule has 1 aromatic carbocycles. The van der Waals surface area contributed by atoms with Crippen molar-refractivity contribution in [1.29, 1.82) is 0 Å². The van der Waals surface area contributed by atoms with Gasteiger partial charge >= 0.3 is 0 Å². The number of rotatable bonds is 3. The molecule has 1 aliphatic heterocycles. The Hall–Kier alpha value is -0.870. The number of piperidine rings is 1. The molecule has 3 rings (SSSR count). The van der Waals surface area contributed by atoms with E-state index in [0.29, 0.717) is 11.9 Å². The average molecular weight is 365 g/mol. The first-order chi connectivity index (χ1) is 10.7. The third kappa shape index (κ3) is 2.95. The molecule has 0 spiro atoms. The summed E-state index contributed by atoms with van der Waals surface area (Å²) in [7, 11) is 2.02. The van der Waals surface area contributed by atoms with Gasteiger partial charge in [0, 0.05) is 23.6 Å². The van der Waals surface area contributed by atoms with Crippen LogP contribution < -0.4 is 5.32 Å². The number of benzene rings is 1. The number of nitrogens with one attached hydrogen (secondary N) is 1. The van der Waals surface area contributed by atoms with Gasteiger partial charge in [0.1, 0.15) is 0 Å². The highest BCUT2D eigenvalue weighted by Gasteiger charge is 2.45. The van der Waals surface area contributed by atoms with Crippen molar-refractivity contribution < 1.29 is 4.79 Å². The van der Waals surface area contributed by atoms with Crippen molar-refractivity contribution in [2.45, 2.75) is 50.0 Å². The lowest BCUT2D eigenvalue weighted by molar-refractivity contribution is -0.138. The average Bonchev–Trinajstić information content (AvgIpc) is 3.05. The Morgan fingerprint density at radius 3 is 2.55 bits per heavy atom. The highest BCUT2D eigenvalue weighted by atomic mass is 79.9. The zero-order valence-electron chi connectivity index (χ0n) is 13.3. The van der Waals surface area contributed by atoms with Crippen molar-refractivity contribution >= 4 is 21.8 Å². The van der Waals surface area contributed by atoms with Crippen LogP contribution in [0.2, 0.25) is 0 Å². The topological polar surface area (TPSA) is 32.3 Å². The molecule has 2 fully saturated rings. The van der Waals surface area contributed by atoms with Crippen LogP contribution in [-0.4, -0.2) is 37.0 Å². The third-order valence-corrected chi connectivity index (χ3v) is 5.93. The molecule has 3 nitrogen and oxygen atoms in total. The summed E-state index contributed by atoms with van der Waals surface area (Å²) >= 11 is 3.56. The van der Waals surface area contributed by atoms with Crippen LogP contribution in [0.15, 0.2) is 28.7 Å². The van der Waals surface area contributed by atoms with Crippen molar-refractivity contribution in [3.05, 3.63) is 34.3 Å². The zero-order chi connectivity index (χ0) is 15.6. The monoisotopic (exact) mass is 364 g/mol. The van der Waals surface area contributed by atoms with Gasteiger partial charge in [-0.3, -0.25) is 4.79 Å². The number of likely N-dealkylation sites (tertiary alicyclic amines) is 1. The maximum absolute atomic E-state index is 13.3. The molecule has 0 bridgehead atoms. The largest absolute Gasteiger partial charge is 0.342 e. The number of carbonyl (C=O) groups excluding carboxylic acids is 1. The van der Waals surface area contributed by atoms with Crippen molar-refractivity contribution in [2.24, 2.45) is 0 Å². The molecule has 1 heterocycles. The smallest absolute Gasteiger partial charge is 0.233 e. The molecule has 1 amide bonds. The molecule has 2 aliphatic rings. The summed E-state index contributed by atoms with van der Waals surface area (Å²) in [6.45, 7) is 1.78. The minimum atomic E-state index is -0.281. The molecule has 1 saturated carbocycles.